The Labute approximate surface area is 239 Å². The highest BCUT2D eigenvalue weighted by molar-refractivity contribution is 7.59. The van der Waals surface area contributed by atoms with E-state index in [2.05, 4.69) is 41.5 Å². The van der Waals surface area contributed by atoms with Crippen LogP contribution in [0.5, 0.6) is 0 Å². The van der Waals surface area contributed by atoms with Gasteiger partial charge in [-0.05, 0) is 55.5 Å². The summed E-state index contributed by atoms with van der Waals surface area (Å²) in [5.41, 5.74) is 3.11. The normalized spacial score (nSPS) is 15.1. The maximum absolute atomic E-state index is 2.54. The van der Waals surface area contributed by atoms with E-state index < -0.39 is 0 Å². The van der Waals surface area contributed by atoms with Crippen molar-refractivity contribution in [2.24, 2.45) is 0 Å². The molecule has 0 saturated heterocycles. The number of unbranched alkanes of at least 4 members (excludes halogenated alkanes) is 18. The fourth-order valence-corrected chi connectivity index (χ4v) is 11.1. The van der Waals surface area contributed by atoms with Crippen LogP contribution in [0.4, 0.5) is 0 Å². The molecule has 0 aliphatic rings. The van der Waals surface area contributed by atoms with Crippen molar-refractivity contribution in [2.75, 3.05) is 0 Å². The molecule has 0 aliphatic heterocycles. The third-order valence-corrected chi connectivity index (χ3v) is 13.5. The Morgan fingerprint density at radius 2 is 0.514 bits per heavy atom. The minimum absolute atomic E-state index is 0.158. The van der Waals surface area contributed by atoms with Crippen LogP contribution in [0.1, 0.15) is 215 Å². The van der Waals surface area contributed by atoms with E-state index >= 15 is 0 Å². The first kappa shape index (κ1) is 37.4. The third-order valence-electron chi connectivity index (χ3n) is 9.10. The summed E-state index contributed by atoms with van der Waals surface area (Å²) in [5.74, 6) is 0. The molecule has 0 aromatic carbocycles. The van der Waals surface area contributed by atoms with Crippen LogP contribution in [0.15, 0.2) is 0 Å². The highest BCUT2D eigenvalue weighted by atomic mass is 31.1. The molecule has 0 nitrogen and oxygen atoms in total. The Kier molecular flexibility index (Phi) is 29.8. The van der Waals surface area contributed by atoms with Gasteiger partial charge in [-0.2, -0.15) is 0 Å². The summed E-state index contributed by atoms with van der Waals surface area (Å²) in [6, 6.07) is 0. The standard InChI is InChI=1S/C36H75P/c1-7-13-16-19-22-25-28-31-34(10-4)37(35(11-5)32-29-26-23-20-17-14-8-2)36(12-6)33-30-27-24-21-18-15-9-3/h34-36H,7-33H2,1-6H3. The van der Waals surface area contributed by atoms with E-state index in [1.165, 1.54) is 173 Å². The van der Waals surface area contributed by atoms with Crippen LogP contribution in [-0.2, 0) is 0 Å². The van der Waals surface area contributed by atoms with Gasteiger partial charge in [0.2, 0.25) is 0 Å². The molecule has 0 amide bonds. The van der Waals surface area contributed by atoms with Gasteiger partial charge in [-0.1, -0.05) is 184 Å². The molecule has 1 heteroatoms. The zero-order chi connectivity index (χ0) is 27.4. The van der Waals surface area contributed by atoms with Crippen molar-refractivity contribution in [1.29, 1.82) is 0 Å². The summed E-state index contributed by atoms with van der Waals surface area (Å²) in [4.78, 5) is 0. The molecule has 224 valence electrons. The first-order chi connectivity index (χ1) is 18.2. The van der Waals surface area contributed by atoms with E-state index in [4.69, 9.17) is 0 Å². The molecule has 0 fully saturated rings. The lowest BCUT2D eigenvalue weighted by Gasteiger charge is -2.40. The minimum Gasteiger partial charge on any atom is -0.0972 e. The molecule has 37 heavy (non-hydrogen) atoms. The maximum atomic E-state index is 2.54. The molecule has 0 N–H and O–H groups in total. The molecule has 0 aromatic rings. The van der Waals surface area contributed by atoms with Gasteiger partial charge in [0.25, 0.3) is 0 Å². The SMILES string of the molecule is CCCCCCCCCC(CC)P(C(CC)CCCCCCCCC)C(CC)CCCCCCCCC. The van der Waals surface area contributed by atoms with Gasteiger partial charge in [0, 0.05) is 0 Å². The van der Waals surface area contributed by atoms with Gasteiger partial charge in [-0.3, -0.25) is 0 Å². The van der Waals surface area contributed by atoms with Crippen LogP contribution >= 0.6 is 7.92 Å². The summed E-state index contributed by atoms with van der Waals surface area (Å²) in [7, 11) is 0.158. The number of hydrogen-bond acceptors (Lipinski definition) is 0. The van der Waals surface area contributed by atoms with Gasteiger partial charge in [-0.15, -0.1) is 0 Å². The molecular formula is C36H75P. The smallest absolute Gasteiger partial charge is 0.0207 e. The first-order valence-corrected chi connectivity index (χ1v) is 19.5. The first-order valence-electron chi connectivity index (χ1n) is 18.0. The summed E-state index contributed by atoms with van der Waals surface area (Å²) in [6.07, 6.45) is 39.7. The largest absolute Gasteiger partial charge is 0.0972 e. The highest BCUT2D eigenvalue weighted by Gasteiger charge is 2.32. The second-order valence-electron chi connectivity index (χ2n) is 12.4. The average molecular weight is 539 g/mol. The van der Waals surface area contributed by atoms with Crippen LogP contribution in [0.2, 0.25) is 0 Å². The van der Waals surface area contributed by atoms with Crippen LogP contribution in [-0.4, -0.2) is 17.0 Å². The van der Waals surface area contributed by atoms with Crippen LogP contribution < -0.4 is 0 Å². The van der Waals surface area contributed by atoms with Crippen molar-refractivity contribution in [2.45, 2.75) is 232 Å². The van der Waals surface area contributed by atoms with Crippen molar-refractivity contribution in [1.82, 2.24) is 0 Å². The maximum Gasteiger partial charge on any atom is -0.0207 e. The van der Waals surface area contributed by atoms with E-state index in [1.807, 2.05) is 0 Å². The fraction of sp³-hybridized carbons (Fsp3) is 1.00. The Bertz CT molecular complexity index is 357. The van der Waals surface area contributed by atoms with Crippen LogP contribution in [0.25, 0.3) is 0 Å². The van der Waals surface area contributed by atoms with Gasteiger partial charge < -0.3 is 0 Å². The predicted octanol–water partition coefficient (Wildman–Crippen LogP) is 14.2. The van der Waals surface area contributed by atoms with Crippen molar-refractivity contribution in [3.05, 3.63) is 0 Å². The molecular weight excluding hydrogens is 463 g/mol. The molecule has 0 radical (unpaired) electrons. The topological polar surface area (TPSA) is 0 Å². The van der Waals surface area contributed by atoms with E-state index in [0.717, 1.165) is 17.0 Å². The van der Waals surface area contributed by atoms with E-state index in [0.29, 0.717) is 0 Å². The van der Waals surface area contributed by atoms with E-state index in [-0.39, 0.29) is 7.92 Å². The lowest BCUT2D eigenvalue weighted by atomic mass is 10.1. The molecule has 3 atom stereocenters. The average Bonchev–Trinajstić information content (AvgIpc) is 2.92. The Morgan fingerprint density at radius 3 is 0.730 bits per heavy atom. The second kappa shape index (κ2) is 29.4. The number of rotatable bonds is 30. The monoisotopic (exact) mass is 539 g/mol. The summed E-state index contributed by atoms with van der Waals surface area (Å²) in [6.45, 7) is 14.6. The van der Waals surface area contributed by atoms with Crippen molar-refractivity contribution in [3.8, 4) is 0 Å². The van der Waals surface area contributed by atoms with Crippen molar-refractivity contribution in [3.63, 3.8) is 0 Å². The molecule has 3 unspecified atom stereocenters. The molecule has 0 aliphatic carbocycles. The highest BCUT2D eigenvalue weighted by Crippen LogP contribution is 2.58. The second-order valence-corrected chi connectivity index (χ2v) is 15.4. The summed E-state index contributed by atoms with van der Waals surface area (Å²) in [5, 5.41) is 0. The van der Waals surface area contributed by atoms with Gasteiger partial charge >= 0.3 is 0 Å². The molecule has 0 rings (SSSR count). The molecule has 0 bridgehead atoms. The van der Waals surface area contributed by atoms with Gasteiger partial charge in [0.1, 0.15) is 0 Å². The summed E-state index contributed by atoms with van der Waals surface area (Å²) >= 11 is 0. The molecule has 0 spiro atoms. The van der Waals surface area contributed by atoms with Crippen LogP contribution in [0, 0.1) is 0 Å². The molecule has 0 heterocycles. The quantitative estimate of drug-likeness (QED) is 0.0630. The van der Waals surface area contributed by atoms with Crippen molar-refractivity contribution < 1.29 is 0 Å². The minimum atomic E-state index is 0.158. The summed E-state index contributed by atoms with van der Waals surface area (Å²) < 4.78 is 0. The van der Waals surface area contributed by atoms with Gasteiger partial charge in [0.15, 0.2) is 0 Å². The fourth-order valence-electron chi connectivity index (χ4n) is 6.60. The Morgan fingerprint density at radius 1 is 0.297 bits per heavy atom. The molecule has 0 saturated carbocycles. The Hall–Kier alpha value is 0.430. The Balaban J connectivity index is 4.95. The lowest BCUT2D eigenvalue weighted by Crippen LogP contribution is -2.23. The van der Waals surface area contributed by atoms with Crippen LogP contribution in [0.3, 0.4) is 0 Å². The third kappa shape index (κ3) is 20.9. The predicted molar refractivity (Wildman–Crippen MR) is 177 cm³/mol. The van der Waals surface area contributed by atoms with Gasteiger partial charge in [-0.25, -0.2) is 0 Å². The lowest BCUT2D eigenvalue weighted by molar-refractivity contribution is 0.538. The number of hydrogen-bond donors (Lipinski definition) is 0. The van der Waals surface area contributed by atoms with E-state index in [1.54, 1.807) is 0 Å². The molecule has 0 aromatic heterocycles. The van der Waals surface area contributed by atoms with Gasteiger partial charge in [0.05, 0.1) is 0 Å². The van der Waals surface area contributed by atoms with E-state index in [9.17, 15) is 0 Å². The van der Waals surface area contributed by atoms with Crippen molar-refractivity contribution >= 4 is 7.92 Å². The zero-order valence-electron chi connectivity index (χ0n) is 27.3. The zero-order valence-corrected chi connectivity index (χ0v) is 28.2.